The highest BCUT2D eigenvalue weighted by Crippen LogP contribution is 2.17. The minimum absolute atomic E-state index is 0.170. The van der Waals surface area contributed by atoms with Crippen LogP contribution in [0.15, 0.2) is 46.9 Å². The smallest absolute Gasteiger partial charge is 0.248 e. The Bertz CT molecular complexity index is 606. The number of benzene rings is 1. The van der Waals surface area contributed by atoms with Gasteiger partial charge in [0.1, 0.15) is 11.5 Å². The van der Waals surface area contributed by atoms with E-state index in [1.54, 1.807) is 6.08 Å². The number of aryl methyl sites for hydroxylation is 1. The molecule has 0 bridgehead atoms. The first kappa shape index (κ1) is 14.1. The third-order valence-electron chi connectivity index (χ3n) is 3.01. The van der Waals surface area contributed by atoms with Crippen LogP contribution in [0.4, 0.5) is 5.69 Å². The summed E-state index contributed by atoms with van der Waals surface area (Å²) in [5.74, 6) is 1.82. The summed E-state index contributed by atoms with van der Waals surface area (Å²) in [7, 11) is 0. The van der Waals surface area contributed by atoms with Gasteiger partial charge in [0.05, 0.1) is 0 Å². The topological polar surface area (TPSA) is 42.2 Å². The average molecular weight is 269 g/mol. The molecule has 104 valence electrons. The Morgan fingerprint density at radius 3 is 2.40 bits per heavy atom. The Balaban J connectivity index is 1.95. The SMILES string of the molecule is Cc1ccc(/C=C/C(=O)Nc2ccc(C(C)C)cc2)o1. The predicted octanol–water partition coefficient (Wildman–Crippen LogP) is 4.36. The molecule has 20 heavy (non-hydrogen) atoms. The summed E-state index contributed by atoms with van der Waals surface area (Å²) in [6.07, 6.45) is 3.12. The van der Waals surface area contributed by atoms with Crippen LogP contribution in [0.3, 0.4) is 0 Å². The number of nitrogens with one attached hydrogen (secondary N) is 1. The molecule has 1 amide bonds. The molecule has 0 aliphatic rings. The summed E-state index contributed by atoms with van der Waals surface area (Å²) < 4.78 is 5.36. The Labute approximate surface area is 119 Å². The van der Waals surface area contributed by atoms with Crippen molar-refractivity contribution in [3.8, 4) is 0 Å². The highest BCUT2D eigenvalue weighted by Gasteiger charge is 2.01. The fourth-order valence-corrected chi connectivity index (χ4v) is 1.84. The summed E-state index contributed by atoms with van der Waals surface area (Å²) in [6, 6.07) is 11.6. The summed E-state index contributed by atoms with van der Waals surface area (Å²) in [4.78, 5) is 11.8. The van der Waals surface area contributed by atoms with Gasteiger partial charge in [0.25, 0.3) is 0 Å². The zero-order valence-corrected chi connectivity index (χ0v) is 12.0. The number of hydrogen-bond acceptors (Lipinski definition) is 2. The normalized spacial score (nSPS) is 11.2. The monoisotopic (exact) mass is 269 g/mol. The first-order valence-electron chi connectivity index (χ1n) is 6.70. The highest BCUT2D eigenvalue weighted by molar-refractivity contribution is 6.01. The van der Waals surface area contributed by atoms with E-state index >= 15 is 0 Å². The van der Waals surface area contributed by atoms with Gasteiger partial charge >= 0.3 is 0 Å². The van der Waals surface area contributed by atoms with Crippen molar-refractivity contribution in [2.45, 2.75) is 26.7 Å². The third-order valence-corrected chi connectivity index (χ3v) is 3.01. The lowest BCUT2D eigenvalue weighted by Gasteiger charge is -2.07. The first-order valence-corrected chi connectivity index (χ1v) is 6.70. The van der Waals surface area contributed by atoms with Crippen molar-refractivity contribution in [3.63, 3.8) is 0 Å². The van der Waals surface area contributed by atoms with E-state index in [2.05, 4.69) is 19.2 Å². The fraction of sp³-hybridized carbons (Fsp3) is 0.235. The molecule has 0 atom stereocenters. The van der Waals surface area contributed by atoms with Gasteiger partial charge in [-0.1, -0.05) is 26.0 Å². The van der Waals surface area contributed by atoms with Crippen LogP contribution in [-0.4, -0.2) is 5.91 Å². The molecule has 3 nitrogen and oxygen atoms in total. The first-order chi connectivity index (χ1) is 9.54. The molecule has 1 heterocycles. The highest BCUT2D eigenvalue weighted by atomic mass is 16.3. The Morgan fingerprint density at radius 1 is 1.15 bits per heavy atom. The molecule has 1 N–H and O–H groups in total. The lowest BCUT2D eigenvalue weighted by atomic mass is 10.0. The number of carbonyl (C=O) groups excluding carboxylic acids is 1. The lowest BCUT2D eigenvalue weighted by molar-refractivity contribution is -0.111. The van der Waals surface area contributed by atoms with Gasteiger partial charge in [0.15, 0.2) is 0 Å². The van der Waals surface area contributed by atoms with E-state index in [0.717, 1.165) is 11.4 Å². The van der Waals surface area contributed by atoms with Crippen LogP contribution in [-0.2, 0) is 4.79 Å². The third kappa shape index (κ3) is 3.85. The number of rotatable bonds is 4. The van der Waals surface area contributed by atoms with E-state index in [-0.39, 0.29) is 5.91 Å². The molecule has 0 radical (unpaired) electrons. The molecule has 3 heteroatoms. The summed E-state index contributed by atoms with van der Waals surface area (Å²) in [6.45, 7) is 6.15. The summed E-state index contributed by atoms with van der Waals surface area (Å²) in [5.41, 5.74) is 2.05. The summed E-state index contributed by atoms with van der Waals surface area (Å²) in [5, 5.41) is 2.82. The molecule has 1 aromatic carbocycles. The van der Waals surface area contributed by atoms with E-state index < -0.39 is 0 Å². The van der Waals surface area contributed by atoms with E-state index in [0.29, 0.717) is 11.7 Å². The maximum Gasteiger partial charge on any atom is 0.248 e. The van der Waals surface area contributed by atoms with Gasteiger partial charge < -0.3 is 9.73 Å². The Hall–Kier alpha value is -2.29. The minimum atomic E-state index is -0.170. The second-order valence-corrected chi connectivity index (χ2v) is 5.05. The van der Waals surface area contributed by atoms with Crippen LogP contribution in [0, 0.1) is 6.92 Å². The van der Waals surface area contributed by atoms with Gasteiger partial charge in [-0.05, 0) is 48.7 Å². The summed E-state index contributed by atoms with van der Waals surface area (Å²) >= 11 is 0. The van der Waals surface area contributed by atoms with Crippen LogP contribution in [0.5, 0.6) is 0 Å². The predicted molar refractivity (Wildman–Crippen MR) is 81.6 cm³/mol. The standard InChI is InChI=1S/C17H19NO2/c1-12(2)14-5-7-15(8-6-14)18-17(19)11-10-16-9-4-13(3)20-16/h4-12H,1-3H3,(H,18,19)/b11-10+. The molecular weight excluding hydrogens is 250 g/mol. The molecule has 2 rings (SSSR count). The molecule has 1 aromatic heterocycles. The molecule has 0 saturated carbocycles. The number of carbonyl (C=O) groups is 1. The molecule has 0 aliphatic carbocycles. The van der Waals surface area contributed by atoms with Gasteiger partial charge in [-0.3, -0.25) is 4.79 Å². The minimum Gasteiger partial charge on any atom is -0.462 e. The van der Waals surface area contributed by atoms with Crippen LogP contribution < -0.4 is 5.32 Å². The molecule has 0 fully saturated rings. The number of furan rings is 1. The van der Waals surface area contributed by atoms with Crippen molar-refractivity contribution in [2.24, 2.45) is 0 Å². The maximum absolute atomic E-state index is 11.8. The van der Waals surface area contributed by atoms with E-state index in [1.807, 2.05) is 43.3 Å². The van der Waals surface area contributed by atoms with Crippen molar-refractivity contribution in [3.05, 3.63) is 59.6 Å². The van der Waals surface area contributed by atoms with Crippen molar-refractivity contribution >= 4 is 17.7 Å². The van der Waals surface area contributed by atoms with Crippen LogP contribution in [0.2, 0.25) is 0 Å². The van der Waals surface area contributed by atoms with Crippen molar-refractivity contribution in [2.75, 3.05) is 5.32 Å². The van der Waals surface area contributed by atoms with E-state index in [4.69, 9.17) is 4.42 Å². The van der Waals surface area contributed by atoms with Gasteiger partial charge in [-0.25, -0.2) is 0 Å². The Morgan fingerprint density at radius 2 is 1.85 bits per heavy atom. The van der Waals surface area contributed by atoms with Gasteiger partial charge in [0.2, 0.25) is 5.91 Å². The van der Waals surface area contributed by atoms with Crippen molar-refractivity contribution in [1.29, 1.82) is 0 Å². The quantitative estimate of drug-likeness (QED) is 0.838. The van der Waals surface area contributed by atoms with Gasteiger partial charge in [0, 0.05) is 11.8 Å². The number of hydrogen-bond donors (Lipinski definition) is 1. The molecule has 2 aromatic rings. The zero-order valence-electron chi connectivity index (χ0n) is 12.0. The van der Waals surface area contributed by atoms with E-state index in [1.165, 1.54) is 11.6 Å². The molecule has 0 spiro atoms. The van der Waals surface area contributed by atoms with Crippen molar-refractivity contribution in [1.82, 2.24) is 0 Å². The second kappa shape index (κ2) is 6.24. The van der Waals surface area contributed by atoms with Crippen LogP contribution >= 0.6 is 0 Å². The number of amides is 1. The maximum atomic E-state index is 11.8. The second-order valence-electron chi connectivity index (χ2n) is 5.05. The van der Waals surface area contributed by atoms with Gasteiger partial charge in [-0.2, -0.15) is 0 Å². The zero-order chi connectivity index (χ0) is 14.5. The van der Waals surface area contributed by atoms with Gasteiger partial charge in [-0.15, -0.1) is 0 Å². The van der Waals surface area contributed by atoms with Crippen LogP contribution in [0.25, 0.3) is 6.08 Å². The fourth-order valence-electron chi connectivity index (χ4n) is 1.84. The lowest BCUT2D eigenvalue weighted by Crippen LogP contribution is -2.07. The largest absolute Gasteiger partial charge is 0.462 e. The van der Waals surface area contributed by atoms with E-state index in [9.17, 15) is 4.79 Å². The molecule has 0 saturated heterocycles. The van der Waals surface area contributed by atoms with Crippen molar-refractivity contribution < 1.29 is 9.21 Å². The average Bonchev–Trinajstić information content (AvgIpc) is 2.83. The van der Waals surface area contributed by atoms with Crippen LogP contribution in [0.1, 0.15) is 36.8 Å². The molecular formula is C17H19NO2. The molecule has 0 unspecified atom stereocenters. The molecule has 0 aliphatic heterocycles. The Kier molecular flexibility index (Phi) is 4.41. The number of anilines is 1.